The zero-order valence-electron chi connectivity index (χ0n) is 14.2. The lowest BCUT2D eigenvalue weighted by Crippen LogP contribution is -2.42. The second kappa shape index (κ2) is 7.61. The van der Waals surface area contributed by atoms with Gasteiger partial charge in [-0.15, -0.1) is 0 Å². The molecule has 1 saturated heterocycles. The van der Waals surface area contributed by atoms with Crippen molar-refractivity contribution in [1.82, 2.24) is 20.4 Å². The van der Waals surface area contributed by atoms with Crippen molar-refractivity contribution in [3.63, 3.8) is 0 Å². The lowest BCUT2D eigenvalue weighted by Gasteiger charge is -2.35. The molecule has 24 heavy (non-hydrogen) atoms. The van der Waals surface area contributed by atoms with E-state index in [1.807, 2.05) is 12.1 Å². The molecule has 1 aliphatic rings. The van der Waals surface area contributed by atoms with Crippen LogP contribution in [0.3, 0.4) is 0 Å². The maximum absolute atomic E-state index is 12.1. The Kier molecular flexibility index (Phi) is 5.30. The van der Waals surface area contributed by atoms with E-state index in [1.165, 1.54) is 12.8 Å². The van der Waals surface area contributed by atoms with E-state index in [0.717, 1.165) is 24.8 Å². The third-order valence-corrected chi connectivity index (χ3v) is 4.51. The van der Waals surface area contributed by atoms with E-state index in [2.05, 4.69) is 27.3 Å². The standard InChI is InChI=1S/C17H24N4O3/c1-12-5-7-21(8-6-12)14(15-4-3-9-23-15)11-18-17(22)10-16-19-13(2)24-20-16/h3-4,9,12,14H,5-8,10-11H2,1-2H3,(H,18,22). The number of aromatic nitrogens is 2. The van der Waals surface area contributed by atoms with Gasteiger partial charge in [-0.05, 0) is 44.0 Å². The Bertz CT molecular complexity index is 645. The van der Waals surface area contributed by atoms with Gasteiger partial charge in [0.05, 0.1) is 18.7 Å². The number of aryl methyl sites for hydroxylation is 1. The fraction of sp³-hybridized carbons (Fsp3) is 0.588. The lowest BCUT2D eigenvalue weighted by atomic mass is 9.97. The first-order chi connectivity index (χ1) is 11.6. The number of furan rings is 1. The van der Waals surface area contributed by atoms with Crippen LogP contribution < -0.4 is 5.32 Å². The molecule has 7 nitrogen and oxygen atoms in total. The van der Waals surface area contributed by atoms with Gasteiger partial charge in [-0.25, -0.2) is 0 Å². The van der Waals surface area contributed by atoms with E-state index in [1.54, 1.807) is 13.2 Å². The van der Waals surface area contributed by atoms with E-state index in [-0.39, 0.29) is 18.4 Å². The minimum Gasteiger partial charge on any atom is -0.468 e. The van der Waals surface area contributed by atoms with Crippen molar-refractivity contribution < 1.29 is 13.7 Å². The average Bonchev–Trinajstić information content (AvgIpc) is 3.21. The van der Waals surface area contributed by atoms with E-state index >= 15 is 0 Å². The van der Waals surface area contributed by atoms with E-state index in [9.17, 15) is 4.79 Å². The van der Waals surface area contributed by atoms with Gasteiger partial charge in [-0.1, -0.05) is 12.1 Å². The fourth-order valence-electron chi connectivity index (χ4n) is 3.06. The van der Waals surface area contributed by atoms with Gasteiger partial charge < -0.3 is 14.3 Å². The van der Waals surface area contributed by atoms with Gasteiger partial charge in [0.25, 0.3) is 0 Å². The Labute approximate surface area is 141 Å². The van der Waals surface area contributed by atoms with Crippen LogP contribution in [0.5, 0.6) is 0 Å². The number of likely N-dealkylation sites (tertiary alicyclic amines) is 1. The topological polar surface area (TPSA) is 84.4 Å². The number of nitrogens with zero attached hydrogens (tertiary/aromatic N) is 3. The number of carbonyl (C=O) groups excluding carboxylic acids is 1. The van der Waals surface area contributed by atoms with Crippen molar-refractivity contribution in [2.45, 2.75) is 39.2 Å². The van der Waals surface area contributed by atoms with Gasteiger partial charge in [-0.3, -0.25) is 9.69 Å². The molecule has 1 atom stereocenters. The number of hydrogen-bond acceptors (Lipinski definition) is 6. The summed E-state index contributed by atoms with van der Waals surface area (Å²) in [5.74, 6) is 2.41. The summed E-state index contributed by atoms with van der Waals surface area (Å²) in [6.45, 7) is 6.54. The molecule has 0 saturated carbocycles. The second-order valence-corrected chi connectivity index (χ2v) is 6.46. The Balaban J connectivity index is 1.58. The Morgan fingerprint density at radius 1 is 1.46 bits per heavy atom. The van der Waals surface area contributed by atoms with Crippen LogP contribution in [0, 0.1) is 12.8 Å². The molecule has 0 aliphatic carbocycles. The third-order valence-electron chi connectivity index (χ3n) is 4.51. The molecule has 1 aliphatic heterocycles. The van der Waals surface area contributed by atoms with Crippen molar-refractivity contribution in [2.24, 2.45) is 5.92 Å². The highest BCUT2D eigenvalue weighted by molar-refractivity contribution is 5.77. The molecule has 1 amide bonds. The molecular formula is C17H24N4O3. The van der Waals surface area contributed by atoms with Crippen molar-refractivity contribution in [1.29, 1.82) is 0 Å². The maximum Gasteiger partial charge on any atom is 0.227 e. The summed E-state index contributed by atoms with van der Waals surface area (Å²) in [6.07, 6.45) is 4.15. The smallest absolute Gasteiger partial charge is 0.227 e. The summed E-state index contributed by atoms with van der Waals surface area (Å²) >= 11 is 0. The Hall–Kier alpha value is -2.15. The van der Waals surface area contributed by atoms with E-state index in [4.69, 9.17) is 8.94 Å². The fourth-order valence-corrected chi connectivity index (χ4v) is 3.06. The molecule has 0 spiro atoms. The summed E-state index contributed by atoms with van der Waals surface area (Å²) in [7, 11) is 0. The van der Waals surface area contributed by atoms with Crippen molar-refractivity contribution in [3.8, 4) is 0 Å². The highest BCUT2D eigenvalue weighted by Gasteiger charge is 2.27. The van der Waals surface area contributed by atoms with E-state index < -0.39 is 0 Å². The van der Waals surface area contributed by atoms with Crippen LogP contribution in [-0.2, 0) is 11.2 Å². The molecule has 2 aromatic rings. The predicted molar refractivity (Wildman–Crippen MR) is 87.2 cm³/mol. The summed E-state index contributed by atoms with van der Waals surface area (Å²) < 4.78 is 10.5. The number of hydrogen-bond donors (Lipinski definition) is 1. The van der Waals surface area contributed by atoms with Crippen LogP contribution in [0.2, 0.25) is 0 Å². The zero-order chi connectivity index (χ0) is 16.9. The number of piperidine rings is 1. The van der Waals surface area contributed by atoms with Gasteiger partial charge in [0.15, 0.2) is 5.82 Å². The van der Waals surface area contributed by atoms with Gasteiger partial charge in [-0.2, -0.15) is 4.98 Å². The van der Waals surface area contributed by atoms with Crippen molar-refractivity contribution in [3.05, 3.63) is 35.9 Å². The third kappa shape index (κ3) is 4.23. The second-order valence-electron chi connectivity index (χ2n) is 6.46. The molecular weight excluding hydrogens is 308 g/mol. The number of carbonyl (C=O) groups is 1. The first-order valence-electron chi connectivity index (χ1n) is 8.45. The molecule has 2 aromatic heterocycles. The van der Waals surface area contributed by atoms with Crippen LogP contribution in [0.25, 0.3) is 0 Å². The summed E-state index contributed by atoms with van der Waals surface area (Å²) in [4.78, 5) is 18.6. The quantitative estimate of drug-likeness (QED) is 0.872. The van der Waals surface area contributed by atoms with Crippen LogP contribution in [0.15, 0.2) is 27.3 Å². The summed E-state index contributed by atoms with van der Waals surface area (Å²) in [5.41, 5.74) is 0. The molecule has 0 radical (unpaired) electrons. The van der Waals surface area contributed by atoms with Crippen LogP contribution in [-0.4, -0.2) is 40.6 Å². The molecule has 0 bridgehead atoms. The summed E-state index contributed by atoms with van der Waals surface area (Å²) in [5, 5.41) is 6.73. The largest absolute Gasteiger partial charge is 0.468 e. The van der Waals surface area contributed by atoms with Gasteiger partial charge >= 0.3 is 0 Å². The minimum absolute atomic E-state index is 0.0588. The SMILES string of the molecule is Cc1nc(CC(=O)NCC(c2ccco2)N2CCC(C)CC2)no1. The Morgan fingerprint density at radius 2 is 2.25 bits per heavy atom. The molecule has 130 valence electrons. The van der Waals surface area contributed by atoms with E-state index in [0.29, 0.717) is 18.3 Å². The van der Waals surface area contributed by atoms with Crippen molar-refractivity contribution >= 4 is 5.91 Å². The van der Waals surface area contributed by atoms with Gasteiger partial charge in [0.2, 0.25) is 11.8 Å². The first-order valence-corrected chi connectivity index (χ1v) is 8.45. The van der Waals surface area contributed by atoms with Gasteiger partial charge in [0, 0.05) is 13.5 Å². The zero-order valence-corrected chi connectivity index (χ0v) is 14.2. The van der Waals surface area contributed by atoms with Crippen LogP contribution in [0.1, 0.15) is 43.3 Å². The van der Waals surface area contributed by atoms with Gasteiger partial charge in [0.1, 0.15) is 5.76 Å². The lowest BCUT2D eigenvalue weighted by molar-refractivity contribution is -0.120. The molecule has 1 unspecified atom stereocenters. The minimum atomic E-state index is -0.113. The monoisotopic (exact) mass is 332 g/mol. The predicted octanol–water partition coefficient (Wildman–Crippen LogP) is 2.10. The maximum atomic E-state index is 12.1. The molecule has 3 heterocycles. The average molecular weight is 332 g/mol. The number of amides is 1. The first kappa shape index (κ1) is 16.7. The van der Waals surface area contributed by atoms with Crippen molar-refractivity contribution in [2.75, 3.05) is 19.6 Å². The normalized spacial score (nSPS) is 17.8. The molecule has 1 fully saturated rings. The van der Waals surface area contributed by atoms with Crippen LogP contribution in [0.4, 0.5) is 0 Å². The number of nitrogens with one attached hydrogen (secondary N) is 1. The molecule has 1 N–H and O–H groups in total. The molecule has 0 aromatic carbocycles. The molecule has 3 rings (SSSR count). The summed E-state index contributed by atoms with van der Waals surface area (Å²) in [6, 6.07) is 3.92. The molecule has 7 heteroatoms. The highest BCUT2D eigenvalue weighted by Crippen LogP contribution is 2.26. The highest BCUT2D eigenvalue weighted by atomic mass is 16.5. The number of rotatable bonds is 6. The van der Waals surface area contributed by atoms with Crippen LogP contribution >= 0.6 is 0 Å². The Morgan fingerprint density at radius 3 is 2.88 bits per heavy atom.